The van der Waals surface area contributed by atoms with Crippen molar-refractivity contribution >= 4 is 11.6 Å². The summed E-state index contributed by atoms with van der Waals surface area (Å²) in [5.74, 6) is 0.844. The topological polar surface area (TPSA) is 112 Å². The van der Waals surface area contributed by atoms with Crippen molar-refractivity contribution in [2.24, 2.45) is 0 Å². The van der Waals surface area contributed by atoms with Gasteiger partial charge in [-0.15, -0.1) is 0 Å². The molecule has 0 aliphatic heterocycles. The van der Waals surface area contributed by atoms with Gasteiger partial charge in [0.2, 0.25) is 5.91 Å². The van der Waals surface area contributed by atoms with Gasteiger partial charge < -0.3 is 20.2 Å². The number of benzene rings is 1. The Kier molecular flexibility index (Phi) is 5.02. The van der Waals surface area contributed by atoms with Gasteiger partial charge >= 0.3 is 0 Å². The van der Waals surface area contributed by atoms with Crippen molar-refractivity contribution in [2.75, 3.05) is 12.8 Å². The number of furan rings is 1. The number of aromatic nitrogens is 2. The third-order valence-corrected chi connectivity index (χ3v) is 3.72. The summed E-state index contributed by atoms with van der Waals surface area (Å²) in [5, 5.41) is 6.89. The van der Waals surface area contributed by atoms with Crippen molar-refractivity contribution in [1.82, 2.24) is 15.1 Å². The van der Waals surface area contributed by atoms with Crippen LogP contribution in [0.15, 0.2) is 57.9 Å². The Morgan fingerprint density at radius 3 is 2.73 bits per heavy atom. The number of rotatable bonds is 6. The molecule has 0 bridgehead atoms. The van der Waals surface area contributed by atoms with E-state index < -0.39 is 5.56 Å². The molecule has 0 unspecified atom stereocenters. The van der Waals surface area contributed by atoms with Gasteiger partial charge in [-0.2, -0.15) is 5.10 Å². The normalized spacial score (nSPS) is 10.5. The molecule has 3 rings (SSSR count). The molecule has 0 saturated carbocycles. The van der Waals surface area contributed by atoms with E-state index in [-0.39, 0.29) is 18.1 Å². The van der Waals surface area contributed by atoms with Gasteiger partial charge in [0.15, 0.2) is 5.76 Å². The maximum absolute atomic E-state index is 12.2. The molecule has 0 spiro atoms. The van der Waals surface area contributed by atoms with E-state index >= 15 is 0 Å². The summed E-state index contributed by atoms with van der Waals surface area (Å²) in [6, 6.07) is 12.1. The van der Waals surface area contributed by atoms with Gasteiger partial charge in [-0.3, -0.25) is 9.59 Å². The van der Waals surface area contributed by atoms with Crippen molar-refractivity contribution < 1.29 is 13.9 Å². The van der Waals surface area contributed by atoms with E-state index in [1.165, 1.54) is 12.3 Å². The van der Waals surface area contributed by atoms with Crippen molar-refractivity contribution in [1.29, 1.82) is 0 Å². The van der Waals surface area contributed by atoms with E-state index in [1.54, 1.807) is 31.4 Å². The Morgan fingerprint density at radius 2 is 2.08 bits per heavy atom. The van der Waals surface area contributed by atoms with Crippen LogP contribution in [0, 0.1) is 0 Å². The third kappa shape index (κ3) is 3.92. The zero-order valence-electron chi connectivity index (χ0n) is 14.1. The van der Waals surface area contributed by atoms with E-state index in [1.807, 2.05) is 12.1 Å². The highest BCUT2D eigenvalue weighted by Crippen LogP contribution is 2.17. The Balaban J connectivity index is 1.69. The van der Waals surface area contributed by atoms with Gasteiger partial charge in [-0.25, -0.2) is 4.68 Å². The summed E-state index contributed by atoms with van der Waals surface area (Å²) < 4.78 is 11.4. The lowest BCUT2D eigenvalue weighted by molar-refractivity contribution is -0.122. The number of carbonyl (C=O) groups excluding carboxylic acids is 1. The van der Waals surface area contributed by atoms with Gasteiger partial charge in [-0.05, 0) is 35.9 Å². The predicted octanol–water partition coefficient (Wildman–Crippen LogP) is 1.41. The molecular weight excluding hydrogens is 336 g/mol. The molecule has 0 radical (unpaired) electrons. The summed E-state index contributed by atoms with van der Waals surface area (Å²) in [5.41, 5.74) is 6.49. The molecule has 1 amide bonds. The highest BCUT2D eigenvalue weighted by atomic mass is 16.5. The van der Waals surface area contributed by atoms with E-state index in [0.29, 0.717) is 18.0 Å². The first kappa shape index (κ1) is 17.3. The number of methoxy groups -OCH3 is 1. The molecular formula is C18H18N4O4. The number of nitrogens with two attached hydrogens (primary N) is 1. The number of nitrogens with one attached hydrogen (secondary N) is 1. The first-order valence-electron chi connectivity index (χ1n) is 7.88. The number of hydrogen-bond donors (Lipinski definition) is 2. The van der Waals surface area contributed by atoms with Crippen LogP contribution in [0.3, 0.4) is 0 Å². The Labute approximate surface area is 149 Å². The van der Waals surface area contributed by atoms with Crippen LogP contribution in [0.2, 0.25) is 0 Å². The second-order valence-electron chi connectivity index (χ2n) is 5.55. The Morgan fingerprint density at radius 1 is 1.31 bits per heavy atom. The maximum Gasteiger partial charge on any atom is 0.290 e. The highest BCUT2D eigenvalue weighted by Gasteiger charge is 2.12. The number of amides is 1. The van der Waals surface area contributed by atoms with Gasteiger partial charge in [0, 0.05) is 6.54 Å². The fourth-order valence-corrected chi connectivity index (χ4v) is 2.35. The number of carbonyl (C=O) groups is 1. The van der Waals surface area contributed by atoms with Crippen LogP contribution in [-0.4, -0.2) is 22.8 Å². The molecule has 26 heavy (non-hydrogen) atoms. The van der Waals surface area contributed by atoms with E-state index in [2.05, 4.69) is 10.4 Å². The molecule has 1 aromatic carbocycles. The average molecular weight is 354 g/mol. The molecule has 8 heteroatoms. The van der Waals surface area contributed by atoms with Crippen LogP contribution in [-0.2, 0) is 17.9 Å². The lowest BCUT2D eigenvalue weighted by atomic mass is 10.2. The average Bonchev–Trinajstić information content (AvgIpc) is 3.19. The Bertz CT molecular complexity index is 946. The van der Waals surface area contributed by atoms with Gasteiger partial charge in [0.1, 0.15) is 23.7 Å². The fourth-order valence-electron chi connectivity index (χ4n) is 2.35. The molecule has 0 aliphatic carbocycles. The summed E-state index contributed by atoms with van der Waals surface area (Å²) in [4.78, 5) is 24.3. The second kappa shape index (κ2) is 7.56. The predicted molar refractivity (Wildman–Crippen MR) is 95.5 cm³/mol. The van der Waals surface area contributed by atoms with Crippen LogP contribution in [0.4, 0.5) is 5.69 Å². The molecule has 8 nitrogen and oxygen atoms in total. The quantitative estimate of drug-likeness (QED) is 0.692. The first-order chi connectivity index (χ1) is 12.6. The Hall–Kier alpha value is -3.55. The van der Waals surface area contributed by atoms with E-state index in [9.17, 15) is 9.59 Å². The smallest absolute Gasteiger partial charge is 0.290 e. The minimum absolute atomic E-state index is 0.00523. The molecule has 3 aromatic rings. The molecule has 0 atom stereocenters. The number of nitrogens with zero attached hydrogens (tertiary/aromatic N) is 2. The summed E-state index contributed by atoms with van der Waals surface area (Å²) in [6.07, 6.45) is 1.49. The number of nitrogen functional groups attached to an aromatic ring is 1. The first-order valence-corrected chi connectivity index (χ1v) is 7.88. The molecule has 0 fully saturated rings. The standard InChI is InChI=1S/C18H18N4O4/c1-25-13-6-4-12(5-7-13)10-20-17(23)11-22-18(24)14(19)9-15(21-22)16-3-2-8-26-16/h2-9H,10-11,19H2,1H3,(H,20,23). The van der Waals surface area contributed by atoms with Gasteiger partial charge in [-0.1, -0.05) is 12.1 Å². The lowest BCUT2D eigenvalue weighted by Gasteiger charge is -2.09. The molecule has 2 aromatic heterocycles. The van der Waals surface area contributed by atoms with Crippen molar-refractivity contribution in [2.45, 2.75) is 13.1 Å². The summed E-state index contributed by atoms with van der Waals surface area (Å²) in [6.45, 7) is 0.0820. The fraction of sp³-hybridized carbons (Fsp3) is 0.167. The highest BCUT2D eigenvalue weighted by molar-refractivity contribution is 5.75. The minimum Gasteiger partial charge on any atom is -0.497 e. The molecule has 0 saturated heterocycles. The maximum atomic E-state index is 12.2. The zero-order valence-corrected chi connectivity index (χ0v) is 14.1. The monoisotopic (exact) mass is 354 g/mol. The van der Waals surface area contributed by atoms with Crippen molar-refractivity contribution in [3.63, 3.8) is 0 Å². The van der Waals surface area contributed by atoms with E-state index in [4.69, 9.17) is 14.9 Å². The molecule has 0 aliphatic rings. The van der Waals surface area contributed by atoms with Crippen LogP contribution in [0.5, 0.6) is 5.75 Å². The van der Waals surface area contributed by atoms with Gasteiger partial charge in [0.05, 0.1) is 13.4 Å². The SMILES string of the molecule is COc1ccc(CNC(=O)Cn2nc(-c3ccco3)cc(N)c2=O)cc1. The second-order valence-corrected chi connectivity index (χ2v) is 5.55. The van der Waals surface area contributed by atoms with Crippen LogP contribution < -0.4 is 21.3 Å². The third-order valence-electron chi connectivity index (χ3n) is 3.72. The number of anilines is 1. The molecule has 3 N–H and O–H groups in total. The summed E-state index contributed by atoms with van der Waals surface area (Å²) >= 11 is 0. The van der Waals surface area contributed by atoms with E-state index in [0.717, 1.165) is 16.0 Å². The largest absolute Gasteiger partial charge is 0.497 e. The number of hydrogen-bond acceptors (Lipinski definition) is 6. The molecule has 2 heterocycles. The van der Waals surface area contributed by atoms with Crippen molar-refractivity contribution in [3.8, 4) is 17.2 Å². The zero-order chi connectivity index (χ0) is 18.5. The summed E-state index contributed by atoms with van der Waals surface area (Å²) in [7, 11) is 1.59. The van der Waals surface area contributed by atoms with Crippen LogP contribution in [0.25, 0.3) is 11.5 Å². The molecule has 134 valence electrons. The number of ether oxygens (including phenoxy) is 1. The van der Waals surface area contributed by atoms with Gasteiger partial charge in [0.25, 0.3) is 5.56 Å². The van der Waals surface area contributed by atoms with Crippen molar-refractivity contribution in [3.05, 3.63) is 64.6 Å². The lowest BCUT2D eigenvalue weighted by Crippen LogP contribution is -2.34. The van der Waals surface area contributed by atoms with Crippen LogP contribution in [0.1, 0.15) is 5.56 Å². The minimum atomic E-state index is -0.528. The van der Waals surface area contributed by atoms with Crippen LogP contribution >= 0.6 is 0 Å².